The van der Waals surface area contributed by atoms with E-state index in [-0.39, 0.29) is 23.5 Å². The summed E-state index contributed by atoms with van der Waals surface area (Å²) in [6.07, 6.45) is 1.58. The van der Waals surface area contributed by atoms with Gasteiger partial charge in [-0.15, -0.1) is 11.3 Å². The molecule has 2 aromatic rings. The van der Waals surface area contributed by atoms with E-state index in [1.165, 1.54) is 23.5 Å². The van der Waals surface area contributed by atoms with E-state index < -0.39 is 0 Å². The zero-order chi connectivity index (χ0) is 20.8. The van der Waals surface area contributed by atoms with Crippen LogP contribution in [0.4, 0.5) is 15.2 Å². The highest BCUT2D eigenvalue weighted by atomic mass is 32.1. The van der Waals surface area contributed by atoms with Crippen LogP contribution in [0, 0.1) is 11.7 Å². The Balaban J connectivity index is 1.56. The normalized spacial score (nSPS) is 16.7. The highest BCUT2D eigenvalue weighted by Crippen LogP contribution is 2.24. The number of halogens is 1. The van der Waals surface area contributed by atoms with Crippen molar-refractivity contribution in [1.82, 2.24) is 20.1 Å². The summed E-state index contributed by atoms with van der Waals surface area (Å²) in [4.78, 5) is 33.3. The van der Waals surface area contributed by atoms with Gasteiger partial charge in [0.2, 0.25) is 5.91 Å². The van der Waals surface area contributed by atoms with Gasteiger partial charge in [-0.1, -0.05) is 0 Å². The molecule has 1 unspecified atom stereocenters. The van der Waals surface area contributed by atoms with Gasteiger partial charge in [-0.2, -0.15) is 0 Å². The summed E-state index contributed by atoms with van der Waals surface area (Å²) in [6, 6.07) is 5.95. The van der Waals surface area contributed by atoms with Crippen LogP contribution in [-0.2, 0) is 4.79 Å². The molecule has 156 valence electrons. The number of nitrogens with zero attached hydrogens (tertiary/aromatic N) is 3. The van der Waals surface area contributed by atoms with Gasteiger partial charge in [0.15, 0.2) is 5.13 Å². The van der Waals surface area contributed by atoms with Crippen molar-refractivity contribution in [2.24, 2.45) is 5.92 Å². The van der Waals surface area contributed by atoms with E-state index >= 15 is 0 Å². The van der Waals surface area contributed by atoms with E-state index in [9.17, 15) is 14.0 Å². The molecule has 1 fully saturated rings. The third-order valence-corrected chi connectivity index (χ3v) is 5.51. The molecular weight excluding hydrogens is 393 g/mol. The standard InChI is InChI=1S/C20H26FN5O2S/c1-25(2)11-9-22-18(27)14-4-3-10-26(12-14)19(28)17-13-29-20(24-17)23-16-7-5-15(21)6-8-16/h5-8,13-14H,3-4,9-12H2,1-2H3,(H,22,27)(H,23,24). The van der Waals surface area contributed by atoms with Gasteiger partial charge in [0.25, 0.3) is 5.91 Å². The fraction of sp³-hybridized carbons (Fsp3) is 0.450. The highest BCUT2D eigenvalue weighted by Gasteiger charge is 2.29. The third kappa shape index (κ3) is 5.98. The number of piperidine rings is 1. The van der Waals surface area contributed by atoms with Crippen molar-refractivity contribution in [3.63, 3.8) is 0 Å². The Morgan fingerprint density at radius 1 is 1.31 bits per heavy atom. The van der Waals surface area contributed by atoms with Crippen molar-refractivity contribution in [1.29, 1.82) is 0 Å². The number of likely N-dealkylation sites (tertiary alicyclic amines) is 1. The largest absolute Gasteiger partial charge is 0.355 e. The lowest BCUT2D eigenvalue weighted by Crippen LogP contribution is -2.46. The zero-order valence-corrected chi connectivity index (χ0v) is 17.5. The number of carbonyl (C=O) groups excluding carboxylic acids is 2. The van der Waals surface area contributed by atoms with Gasteiger partial charge in [0.05, 0.1) is 5.92 Å². The Hall–Kier alpha value is -2.52. The molecule has 1 saturated heterocycles. The van der Waals surface area contributed by atoms with Crippen LogP contribution in [0.2, 0.25) is 0 Å². The summed E-state index contributed by atoms with van der Waals surface area (Å²) < 4.78 is 13.0. The number of hydrogen-bond donors (Lipinski definition) is 2. The number of hydrogen-bond acceptors (Lipinski definition) is 6. The minimum atomic E-state index is -0.309. The molecule has 3 rings (SSSR count). The number of anilines is 2. The molecule has 1 aliphatic rings. The molecule has 2 heterocycles. The Kier molecular flexibility index (Phi) is 7.16. The summed E-state index contributed by atoms with van der Waals surface area (Å²) in [5, 5.41) is 8.29. The van der Waals surface area contributed by atoms with E-state index in [1.807, 2.05) is 19.0 Å². The van der Waals surface area contributed by atoms with Crippen LogP contribution >= 0.6 is 11.3 Å². The van der Waals surface area contributed by atoms with Crippen molar-refractivity contribution < 1.29 is 14.0 Å². The second-order valence-electron chi connectivity index (χ2n) is 7.35. The number of nitrogens with one attached hydrogen (secondary N) is 2. The van der Waals surface area contributed by atoms with Gasteiger partial charge in [-0.05, 0) is 51.2 Å². The molecule has 1 aliphatic heterocycles. The number of benzene rings is 1. The lowest BCUT2D eigenvalue weighted by Gasteiger charge is -2.31. The Morgan fingerprint density at radius 3 is 2.79 bits per heavy atom. The molecule has 0 aliphatic carbocycles. The minimum absolute atomic E-state index is 0.00120. The fourth-order valence-corrected chi connectivity index (χ4v) is 3.88. The number of aromatic nitrogens is 1. The van der Waals surface area contributed by atoms with Gasteiger partial charge in [-0.25, -0.2) is 9.37 Å². The van der Waals surface area contributed by atoms with Gasteiger partial charge in [0, 0.05) is 37.2 Å². The van der Waals surface area contributed by atoms with Gasteiger partial charge in [-0.3, -0.25) is 9.59 Å². The van der Waals surface area contributed by atoms with Crippen LogP contribution in [0.25, 0.3) is 0 Å². The summed E-state index contributed by atoms with van der Waals surface area (Å²) in [5.41, 5.74) is 1.06. The number of rotatable bonds is 7. The maximum absolute atomic E-state index is 13.0. The Bertz CT molecular complexity index is 840. The molecule has 2 N–H and O–H groups in total. The first-order chi connectivity index (χ1) is 13.9. The average molecular weight is 420 g/mol. The van der Waals surface area contributed by atoms with Crippen molar-refractivity contribution >= 4 is 34.0 Å². The van der Waals surface area contributed by atoms with Gasteiger partial charge in [0.1, 0.15) is 11.5 Å². The second-order valence-corrected chi connectivity index (χ2v) is 8.21. The molecule has 29 heavy (non-hydrogen) atoms. The molecule has 0 radical (unpaired) electrons. The molecule has 7 nitrogen and oxygen atoms in total. The van der Waals surface area contributed by atoms with Crippen LogP contribution in [0.5, 0.6) is 0 Å². The molecule has 0 saturated carbocycles. The second kappa shape index (κ2) is 9.80. The number of likely N-dealkylation sites (N-methyl/N-ethyl adjacent to an activating group) is 1. The van der Waals surface area contributed by atoms with Crippen LogP contribution in [0.3, 0.4) is 0 Å². The number of thiazole rings is 1. The third-order valence-electron chi connectivity index (χ3n) is 4.76. The number of carbonyl (C=O) groups is 2. The lowest BCUT2D eigenvalue weighted by molar-refractivity contribution is -0.126. The van der Waals surface area contributed by atoms with Crippen LogP contribution in [-0.4, -0.2) is 66.9 Å². The average Bonchev–Trinajstić information content (AvgIpc) is 3.17. The summed E-state index contributed by atoms with van der Waals surface area (Å²) in [6.45, 7) is 2.41. The summed E-state index contributed by atoms with van der Waals surface area (Å²) in [7, 11) is 3.92. The van der Waals surface area contributed by atoms with Crippen LogP contribution in [0.1, 0.15) is 23.3 Å². The quantitative estimate of drug-likeness (QED) is 0.721. The van der Waals surface area contributed by atoms with E-state index in [1.54, 1.807) is 22.4 Å². The zero-order valence-electron chi connectivity index (χ0n) is 16.7. The lowest BCUT2D eigenvalue weighted by atomic mass is 9.97. The van der Waals surface area contributed by atoms with Crippen molar-refractivity contribution in [3.05, 3.63) is 41.2 Å². The summed E-state index contributed by atoms with van der Waals surface area (Å²) >= 11 is 1.31. The molecule has 1 atom stereocenters. The molecule has 0 bridgehead atoms. The highest BCUT2D eigenvalue weighted by molar-refractivity contribution is 7.14. The van der Waals surface area contributed by atoms with Gasteiger partial charge >= 0.3 is 0 Å². The summed E-state index contributed by atoms with van der Waals surface area (Å²) in [5.74, 6) is -0.665. The fourth-order valence-electron chi connectivity index (χ4n) is 3.17. The van der Waals surface area contributed by atoms with E-state index in [4.69, 9.17) is 0 Å². The van der Waals surface area contributed by atoms with Crippen LogP contribution < -0.4 is 10.6 Å². The SMILES string of the molecule is CN(C)CCNC(=O)C1CCCN(C(=O)c2csc(Nc3ccc(F)cc3)n2)C1. The first kappa shape index (κ1) is 21.2. The number of amides is 2. The maximum Gasteiger partial charge on any atom is 0.273 e. The maximum atomic E-state index is 13.0. The smallest absolute Gasteiger partial charge is 0.273 e. The van der Waals surface area contributed by atoms with Crippen molar-refractivity contribution in [3.8, 4) is 0 Å². The van der Waals surface area contributed by atoms with E-state index in [0.29, 0.717) is 36.1 Å². The molecular formula is C20H26FN5O2S. The van der Waals surface area contributed by atoms with Crippen LogP contribution in [0.15, 0.2) is 29.6 Å². The molecule has 9 heteroatoms. The first-order valence-electron chi connectivity index (χ1n) is 9.62. The first-order valence-corrected chi connectivity index (χ1v) is 10.5. The predicted octanol–water partition coefficient (Wildman–Crippen LogP) is 2.56. The predicted molar refractivity (Wildman–Crippen MR) is 112 cm³/mol. The van der Waals surface area contributed by atoms with Crippen molar-refractivity contribution in [2.75, 3.05) is 45.6 Å². The van der Waals surface area contributed by atoms with Crippen molar-refractivity contribution in [2.45, 2.75) is 12.8 Å². The van der Waals surface area contributed by atoms with Gasteiger partial charge < -0.3 is 20.4 Å². The molecule has 2 amide bonds. The molecule has 0 spiro atoms. The monoisotopic (exact) mass is 419 g/mol. The molecule has 1 aromatic carbocycles. The molecule has 1 aromatic heterocycles. The minimum Gasteiger partial charge on any atom is -0.355 e. The Morgan fingerprint density at radius 2 is 2.07 bits per heavy atom. The van der Waals surface area contributed by atoms with E-state index in [0.717, 1.165) is 19.4 Å². The van der Waals surface area contributed by atoms with E-state index in [2.05, 4.69) is 15.6 Å². The Labute approximate surface area is 173 Å². The topological polar surface area (TPSA) is 77.6 Å².